The van der Waals surface area contributed by atoms with Gasteiger partial charge in [0.1, 0.15) is 72.5 Å². The van der Waals surface area contributed by atoms with Gasteiger partial charge in [0.2, 0.25) is 94.5 Å². The van der Waals surface area contributed by atoms with E-state index in [1.807, 2.05) is 0 Å². The fourth-order valence-electron chi connectivity index (χ4n) is 13.0. The maximum absolute atomic E-state index is 14.5. The molecule has 2 aliphatic heterocycles. The third kappa shape index (κ3) is 32.9. The molecule has 0 bridgehead atoms. The number of nitrogens with zero attached hydrogens (tertiary/aromatic N) is 3. The van der Waals surface area contributed by atoms with Gasteiger partial charge in [0, 0.05) is 87.8 Å². The summed E-state index contributed by atoms with van der Waals surface area (Å²) < 4.78 is 0. The number of para-hydroxylation sites is 1. The quantitative estimate of drug-likeness (QED) is 0.0233. The Bertz CT molecular complexity index is 4240. The van der Waals surface area contributed by atoms with Crippen LogP contribution in [0, 0.1) is 0 Å². The Morgan fingerprint density at radius 3 is 1.39 bits per heavy atom. The summed E-state index contributed by atoms with van der Waals surface area (Å²) >= 11 is 0. The highest BCUT2D eigenvalue weighted by Gasteiger charge is 2.43. The molecule has 4 heterocycles. The van der Waals surface area contributed by atoms with Gasteiger partial charge in [-0.25, -0.2) is 9.78 Å². The third-order valence-corrected chi connectivity index (χ3v) is 19.5. The molecule has 0 saturated carbocycles. The molecule has 13 atom stereocenters. The van der Waals surface area contributed by atoms with E-state index in [-0.39, 0.29) is 63.7 Å². The molecule has 2 fully saturated rings. The van der Waals surface area contributed by atoms with Crippen LogP contribution in [0.15, 0.2) is 43.0 Å². The van der Waals surface area contributed by atoms with Gasteiger partial charge in [0.05, 0.1) is 37.8 Å². The van der Waals surface area contributed by atoms with Crippen LogP contribution in [-0.4, -0.2) is 298 Å². The van der Waals surface area contributed by atoms with Crippen molar-refractivity contribution in [2.24, 2.45) is 22.9 Å². The lowest BCUT2D eigenvalue weighted by atomic mass is 10.0. The van der Waals surface area contributed by atoms with E-state index >= 15 is 0 Å². The van der Waals surface area contributed by atoms with E-state index in [2.05, 4.69) is 78.8 Å². The number of amides is 16. The minimum atomic E-state index is -1.87. The molecule has 3 aromatic rings. The Kier molecular flexibility index (Phi) is 40.0. The Labute approximate surface area is 689 Å². The van der Waals surface area contributed by atoms with Crippen LogP contribution >= 0.6 is 0 Å². The number of carbonyl (C=O) groups excluding carboxylic acids is 16. The van der Waals surface area contributed by atoms with Gasteiger partial charge < -0.3 is 137 Å². The van der Waals surface area contributed by atoms with Crippen molar-refractivity contribution in [1.82, 2.24) is 88.6 Å². The van der Waals surface area contributed by atoms with Crippen molar-refractivity contribution in [3.8, 4) is 0 Å². The highest BCUT2D eigenvalue weighted by atomic mass is 16.4. The number of aromatic nitrogens is 3. The maximum Gasteiger partial charge on any atom is 0.326 e. The zero-order chi connectivity index (χ0) is 89.7. The first kappa shape index (κ1) is 98.3. The number of H-pyrrole nitrogens is 2. The van der Waals surface area contributed by atoms with E-state index in [1.165, 1.54) is 18.7 Å². The number of nitrogens with one attached hydrogen (secondary N) is 14. The van der Waals surface area contributed by atoms with Crippen LogP contribution in [0.5, 0.6) is 0 Å². The molecule has 664 valence electrons. The predicted octanol–water partition coefficient (Wildman–Crippen LogP) is -8.72. The van der Waals surface area contributed by atoms with Crippen molar-refractivity contribution in [3.63, 3.8) is 0 Å². The number of unbranched alkanes of at least 4 members (excludes halogenated alkanes) is 1. The van der Waals surface area contributed by atoms with Crippen molar-refractivity contribution < 1.29 is 131 Å². The highest BCUT2D eigenvalue weighted by molar-refractivity contribution is 6.01. The van der Waals surface area contributed by atoms with Crippen molar-refractivity contribution in [3.05, 3.63) is 54.2 Å². The Morgan fingerprint density at radius 2 is 0.901 bits per heavy atom. The molecule has 121 heavy (non-hydrogen) atoms. The summed E-state index contributed by atoms with van der Waals surface area (Å²) in [6, 6.07) is -14.1. The highest BCUT2D eigenvalue weighted by Crippen LogP contribution is 2.24. The van der Waals surface area contributed by atoms with E-state index in [4.69, 9.17) is 22.9 Å². The lowest BCUT2D eigenvalue weighted by Gasteiger charge is -2.30. The number of carboxylic acid groups (broad SMARTS) is 5. The molecule has 0 unspecified atom stereocenters. The van der Waals surface area contributed by atoms with Crippen LogP contribution in [0.4, 0.5) is 0 Å². The maximum atomic E-state index is 14.5. The molecule has 0 spiro atoms. The van der Waals surface area contributed by atoms with Crippen LogP contribution in [0.25, 0.3) is 10.9 Å². The first-order valence-corrected chi connectivity index (χ1v) is 38.7. The summed E-state index contributed by atoms with van der Waals surface area (Å²) in [4.78, 5) is 288. The summed E-state index contributed by atoms with van der Waals surface area (Å²) in [5, 5.41) is 87.2. The molecular weight excluding hydrogens is 1600 g/mol. The summed E-state index contributed by atoms with van der Waals surface area (Å²) in [5.41, 5.74) is 23.2. The molecule has 2 aromatic heterocycles. The smallest absolute Gasteiger partial charge is 0.326 e. The molecule has 2 aliphatic rings. The molecule has 5 rings (SSSR count). The average molecular weight is 1710 g/mol. The number of hydrogen-bond donors (Lipinski definition) is 24. The number of hydrogen-bond acceptors (Lipinski definition) is 25. The first-order valence-electron chi connectivity index (χ1n) is 38.7. The number of likely N-dealkylation sites (tertiary alicyclic amines) is 2. The molecule has 28 N–H and O–H groups in total. The molecule has 48 nitrogen and oxygen atoms in total. The molecule has 0 aliphatic carbocycles. The second kappa shape index (κ2) is 49.2. The molecule has 16 amide bonds. The van der Waals surface area contributed by atoms with Crippen LogP contribution in [0.2, 0.25) is 0 Å². The molecule has 0 radical (unpaired) electrons. The summed E-state index contributed by atoms with van der Waals surface area (Å²) in [5.74, 6) is -23.9. The van der Waals surface area contributed by atoms with Gasteiger partial charge in [-0.3, -0.25) is 95.9 Å². The number of carboxylic acids is 5. The van der Waals surface area contributed by atoms with E-state index in [9.17, 15) is 131 Å². The largest absolute Gasteiger partial charge is 0.481 e. The predicted molar refractivity (Wildman–Crippen MR) is 415 cm³/mol. The number of nitrogens with two attached hydrogens (primary N) is 4. The van der Waals surface area contributed by atoms with Crippen LogP contribution < -0.4 is 86.7 Å². The normalized spacial score (nSPS) is 16.3. The summed E-state index contributed by atoms with van der Waals surface area (Å²) in [7, 11) is 0. The third-order valence-electron chi connectivity index (χ3n) is 19.5. The van der Waals surface area contributed by atoms with Crippen LogP contribution in [0.1, 0.15) is 140 Å². The van der Waals surface area contributed by atoms with E-state index in [1.54, 1.807) is 24.3 Å². The fraction of sp³-hybridized carbons (Fsp3) is 0.562. The number of carbonyl (C=O) groups is 21. The van der Waals surface area contributed by atoms with E-state index in [0.717, 1.165) is 16.7 Å². The van der Waals surface area contributed by atoms with Crippen LogP contribution in [-0.2, 0) is 114 Å². The van der Waals surface area contributed by atoms with Crippen LogP contribution in [0.3, 0.4) is 0 Å². The van der Waals surface area contributed by atoms with Crippen molar-refractivity contribution in [2.75, 3.05) is 39.3 Å². The number of aliphatic hydroxyl groups excluding tert-OH is 1. The molecular formula is C73H105N21O27. The monoisotopic (exact) mass is 1710 g/mol. The minimum absolute atomic E-state index is 0.0397. The number of aliphatic hydroxyl groups is 1. The topological polar surface area (TPSA) is 779 Å². The number of aliphatic carboxylic acids is 5. The van der Waals surface area contributed by atoms with Gasteiger partial charge in [0.25, 0.3) is 0 Å². The number of rotatable bonds is 54. The molecule has 1 aromatic carbocycles. The zero-order valence-electron chi connectivity index (χ0n) is 66.0. The van der Waals surface area contributed by atoms with E-state index < -0.39 is 300 Å². The summed E-state index contributed by atoms with van der Waals surface area (Å²) in [6.07, 6.45) is -2.60. The lowest BCUT2D eigenvalue weighted by Crippen LogP contribution is -2.60. The second-order valence-electron chi connectivity index (χ2n) is 28.7. The molecule has 48 heteroatoms. The number of imidazole rings is 1. The first-order chi connectivity index (χ1) is 57.3. The Hall–Kier alpha value is -13.3. The van der Waals surface area contributed by atoms with Gasteiger partial charge in [-0.1, -0.05) is 24.6 Å². The minimum Gasteiger partial charge on any atom is -0.481 e. The van der Waals surface area contributed by atoms with Gasteiger partial charge in [-0.15, -0.1) is 0 Å². The Morgan fingerprint density at radius 1 is 0.471 bits per heavy atom. The Balaban J connectivity index is 1.23. The second-order valence-corrected chi connectivity index (χ2v) is 28.7. The van der Waals surface area contributed by atoms with Gasteiger partial charge >= 0.3 is 29.8 Å². The zero-order valence-corrected chi connectivity index (χ0v) is 66.0. The summed E-state index contributed by atoms with van der Waals surface area (Å²) in [6.45, 7) is -1.65. The SMILES string of the molecule is C[C@H](NC(=O)CNC(=O)CNC(=O)[C@H](Cc1c[nH]c2ccccc12)NC(=O)[C@H](CO)NC(=O)[C@@H]1CCCN1C(=O)[C@H](CCC(=O)O)NC(=O)[C@H](CCC(N)=O)NC(=O)[C@@H](N)CCCCN)C(=O)N[C@@H](CCC(=O)O)C(=O)N1CCC[C@H]1C(=O)N[C@@H](Cc1c[nH]cn1)C(=O)N[C@@H](CCC(=O)O)C(=O)N[C@@H](CCC(=O)O)C(=O)N[C@@H](CCC(N)=O)C(=O)O. The fourth-order valence-corrected chi connectivity index (χ4v) is 13.0. The van der Waals surface area contributed by atoms with Crippen molar-refractivity contribution >= 4 is 135 Å². The average Bonchev–Trinajstić information content (AvgIpc) is 1.64. The number of aromatic amines is 2. The number of fused-ring (bicyclic) bond motifs is 1. The van der Waals surface area contributed by atoms with Gasteiger partial charge in [-0.05, 0) is 102 Å². The van der Waals surface area contributed by atoms with Crippen molar-refractivity contribution in [1.29, 1.82) is 0 Å². The van der Waals surface area contributed by atoms with E-state index in [0.29, 0.717) is 35.9 Å². The number of benzene rings is 1. The number of primary amides is 2. The molecule has 2 saturated heterocycles. The van der Waals surface area contributed by atoms with Crippen molar-refractivity contribution in [2.45, 2.75) is 220 Å². The van der Waals surface area contributed by atoms with Gasteiger partial charge in [0.15, 0.2) is 0 Å². The van der Waals surface area contributed by atoms with Gasteiger partial charge in [-0.2, -0.15) is 0 Å². The lowest BCUT2D eigenvalue weighted by molar-refractivity contribution is -0.144. The standard InChI is InChI=1S/C73H105N21O27/c1-36(61(108)87-45(17-23-59(104)105)71(118)93-26-6-11-51(93)69(116)91-49(29-38-31-78-35-82-38)67(114)86-43(15-21-57(100)101)64(111)85-44(16-22-58(102)103)66(113)89-47(73(120)121)14-20-54(77)97)83-56(99)33-80-55(98)32-81-63(110)48(28-37-30-79-41-10-3-2-8-39(37)41)90-68(115)50(34-95)92-70(117)52-12-7-27-94(52)72(119)46(18-24-60(106)107)88-65(112)42(13-19-53(76)96)84-62(109)40(75)9-4-5-25-74/h2-3,8,10,30-31,35-36,40,42-52,79,95H,4-7,9,11-29,32-34,74-75H2,1H3,(H2,76,96)(H2,77,97)(H,78,82)(H,80,98)(H,81,110)(H,83,99)(H,84,109)(H,85,111)(H,86,114)(H,87,108)(H,88,112)(H,89,113)(H,90,115)(H,91,116)(H,92,117)(H,100,101)(H,102,103)(H,104,105)(H,106,107)(H,120,121)/t36-,40-,42-,43-,44-,45-,46-,47-,48-,49-,50-,51-,52-/m0/s1.